The zero-order chi connectivity index (χ0) is 13.0. The molecule has 0 aliphatic rings. The topological polar surface area (TPSA) is 29.5 Å². The van der Waals surface area contributed by atoms with Gasteiger partial charge in [0, 0.05) is 0 Å². The predicted octanol–water partition coefficient (Wildman–Crippen LogP) is 4.19. The van der Waals surface area contributed by atoms with E-state index in [9.17, 15) is 5.11 Å². The Kier molecular flexibility index (Phi) is 4.80. The lowest BCUT2D eigenvalue weighted by Crippen LogP contribution is -1.98. The number of hydrogen-bond acceptors (Lipinski definition) is 3. The van der Waals surface area contributed by atoms with E-state index in [0.717, 1.165) is 27.9 Å². The van der Waals surface area contributed by atoms with Gasteiger partial charge in [-0.25, -0.2) is 0 Å². The summed E-state index contributed by atoms with van der Waals surface area (Å²) in [4.78, 5) is 0. The van der Waals surface area contributed by atoms with Crippen LogP contribution in [-0.4, -0.2) is 12.2 Å². The van der Waals surface area contributed by atoms with Crippen molar-refractivity contribution in [3.63, 3.8) is 0 Å². The molecule has 1 atom stereocenters. The molecular formula is C14H15BrO2S. The van der Waals surface area contributed by atoms with E-state index in [1.807, 2.05) is 35.7 Å². The van der Waals surface area contributed by atoms with E-state index in [0.29, 0.717) is 0 Å². The summed E-state index contributed by atoms with van der Waals surface area (Å²) >= 11 is 5.01. The lowest BCUT2D eigenvalue weighted by molar-refractivity contribution is 0.168. The molecule has 0 spiro atoms. The fraction of sp³-hybridized carbons (Fsp3) is 0.286. The van der Waals surface area contributed by atoms with Gasteiger partial charge >= 0.3 is 0 Å². The Labute approximate surface area is 119 Å². The summed E-state index contributed by atoms with van der Waals surface area (Å²) in [5.74, 6) is 0.862. The number of methoxy groups -OCH3 is 1. The highest BCUT2D eigenvalue weighted by atomic mass is 79.9. The molecule has 1 heterocycles. The van der Waals surface area contributed by atoms with Crippen LogP contribution in [0.1, 0.15) is 23.7 Å². The quantitative estimate of drug-likeness (QED) is 0.892. The summed E-state index contributed by atoms with van der Waals surface area (Å²) in [7, 11) is 1.66. The summed E-state index contributed by atoms with van der Waals surface area (Å²) in [6, 6.07) is 9.94. The fourth-order valence-corrected chi connectivity index (χ4v) is 2.98. The molecule has 0 radical (unpaired) electrons. The van der Waals surface area contributed by atoms with E-state index < -0.39 is 6.10 Å². The van der Waals surface area contributed by atoms with Crippen molar-refractivity contribution in [2.75, 3.05) is 7.11 Å². The number of benzene rings is 1. The number of aliphatic hydroxyl groups is 1. The second-order valence-corrected chi connectivity index (χ2v) is 6.38. The van der Waals surface area contributed by atoms with Crippen LogP contribution in [0.5, 0.6) is 5.75 Å². The number of halogens is 1. The minimum absolute atomic E-state index is 0.394. The Morgan fingerprint density at radius 1 is 1.33 bits per heavy atom. The normalized spacial score (nSPS) is 12.4. The van der Waals surface area contributed by atoms with Gasteiger partial charge in [0.2, 0.25) is 0 Å². The molecule has 0 fully saturated rings. The molecule has 1 unspecified atom stereocenters. The van der Waals surface area contributed by atoms with Crippen LogP contribution in [0.4, 0.5) is 0 Å². The molecule has 0 saturated heterocycles. The molecule has 0 bridgehead atoms. The van der Waals surface area contributed by atoms with Gasteiger partial charge in [0.15, 0.2) is 0 Å². The van der Waals surface area contributed by atoms with Crippen LogP contribution in [-0.2, 0) is 6.42 Å². The maximum absolute atomic E-state index is 10.1. The lowest BCUT2D eigenvalue weighted by atomic mass is 10.0. The Bertz CT molecular complexity index is 493. The fourth-order valence-electron chi connectivity index (χ4n) is 1.76. The van der Waals surface area contributed by atoms with Crippen molar-refractivity contribution in [2.24, 2.45) is 0 Å². The molecule has 0 amide bonds. The van der Waals surface area contributed by atoms with Gasteiger partial charge in [0.25, 0.3) is 0 Å². The third kappa shape index (κ3) is 3.57. The zero-order valence-corrected chi connectivity index (χ0v) is 12.5. The maximum Gasteiger partial charge on any atom is 0.118 e. The molecule has 18 heavy (non-hydrogen) atoms. The van der Waals surface area contributed by atoms with Gasteiger partial charge in [-0.1, -0.05) is 12.1 Å². The monoisotopic (exact) mass is 326 g/mol. The molecule has 2 aromatic rings. The van der Waals surface area contributed by atoms with Crippen LogP contribution < -0.4 is 4.74 Å². The molecule has 1 aromatic heterocycles. The van der Waals surface area contributed by atoms with Gasteiger partial charge in [-0.05, 0) is 63.5 Å². The van der Waals surface area contributed by atoms with E-state index in [1.54, 1.807) is 18.4 Å². The van der Waals surface area contributed by atoms with Gasteiger partial charge in [-0.3, -0.25) is 0 Å². The molecule has 2 nitrogen and oxygen atoms in total. The van der Waals surface area contributed by atoms with Crippen molar-refractivity contribution in [2.45, 2.75) is 18.9 Å². The summed E-state index contributed by atoms with van der Waals surface area (Å²) in [6.45, 7) is 0. The molecule has 2 rings (SSSR count). The van der Waals surface area contributed by atoms with Gasteiger partial charge in [0.05, 0.1) is 17.0 Å². The molecule has 0 aliphatic carbocycles. The van der Waals surface area contributed by atoms with Gasteiger partial charge < -0.3 is 9.84 Å². The Balaban J connectivity index is 1.90. The number of ether oxygens (including phenoxy) is 1. The average molecular weight is 327 g/mol. The molecule has 1 aromatic carbocycles. The smallest absolute Gasteiger partial charge is 0.118 e. The molecule has 0 aliphatic heterocycles. The lowest BCUT2D eigenvalue weighted by Gasteiger charge is -2.09. The highest BCUT2D eigenvalue weighted by Crippen LogP contribution is 2.27. The first-order chi connectivity index (χ1) is 8.69. The van der Waals surface area contributed by atoms with Crippen molar-refractivity contribution in [3.05, 3.63) is 50.6 Å². The summed E-state index contributed by atoms with van der Waals surface area (Å²) < 4.78 is 6.17. The first-order valence-electron chi connectivity index (χ1n) is 5.74. The van der Waals surface area contributed by atoms with Gasteiger partial charge in [-0.15, -0.1) is 11.3 Å². The molecule has 96 valence electrons. The average Bonchev–Trinajstić information content (AvgIpc) is 2.83. The predicted molar refractivity (Wildman–Crippen MR) is 78.3 cm³/mol. The molecule has 0 saturated carbocycles. The van der Waals surface area contributed by atoms with Crippen molar-refractivity contribution in [3.8, 4) is 5.75 Å². The SMILES string of the molecule is COc1ccc(CCC(O)c2csc(Br)c2)cc1. The van der Waals surface area contributed by atoms with E-state index in [4.69, 9.17) is 4.74 Å². The van der Waals surface area contributed by atoms with Gasteiger partial charge in [-0.2, -0.15) is 0 Å². The van der Waals surface area contributed by atoms with E-state index >= 15 is 0 Å². The van der Waals surface area contributed by atoms with Crippen molar-refractivity contribution in [1.29, 1.82) is 0 Å². The number of aryl methyl sites for hydroxylation is 1. The van der Waals surface area contributed by atoms with E-state index in [2.05, 4.69) is 15.9 Å². The van der Waals surface area contributed by atoms with Gasteiger partial charge in [0.1, 0.15) is 5.75 Å². The van der Waals surface area contributed by atoms with Crippen molar-refractivity contribution < 1.29 is 9.84 Å². The van der Waals surface area contributed by atoms with E-state index in [-0.39, 0.29) is 0 Å². The number of hydrogen-bond donors (Lipinski definition) is 1. The standard InChI is InChI=1S/C14H15BrO2S/c1-17-12-5-2-10(3-6-12)4-7-13(16)11-8-14(15)18-9-11/h2-3,5-6,8-9,13,16H,4,7H2,1H3. The highest BCUT2D eigenvalue weighted by Gasteiger charge is 2.09. The summed E-state index contributed by atoms with van der Waals surface area (Å²) in [5.41, 5.74) is 2.20. The number of thiophene rings is 1. The van der Waals surface area contributed by atoms with E-state index in [1.165, 1.54) is 5.56 Å². The maximum atomic E-state index is 10.1. The third-order valence-electron chi connectivity index (χ3n) is 2.84. The molecule has 1 N–H and O–H groups in total. The Morgan fingerprint density at radius 2 is 2.06 bits per heavy atom. The Hall–Kier alpha value is -0.840. The summed E-state index contributed by atoms with van der Waals surface area (Å²) in [5, 5.41) is 12.0. The first-order valence-corrected chi connectivity index (χ1v) is 7.41. The second kappa shape index (κ2) is 6.36. The van der Waals surface area contributed by atoms with Crippen LogP contribution in [0.3, 0.4) is 0 Å². The minimum atomic E-state index is -0.394. The molecular weight excluding hydrogens is 312 g/mol. The highest BCUT2D eigenvalue weighted by molar-refractivity contribution is 9.11. The first kappa shape index (κ1) is 13.6. The number of aliphatic hydroxyl groups excluding tert-OH is 1. The molecule has 4 heteroatoms. The summed E-state index contributed by atoms with van der Waals surface area (Å²) in [6.07, 6.45) is 1.20. The van der Waals surface area contributed by atoms with Crippen LogP contribution in [0.2, 0.25) is 0 Å². The minimum Gasteiger partial charge on any atom is -0.497 e. The van der Waals surface area contributed by atoms with Crippen molar-refractivity contribution >= 4 is 27.3 Å². The number of rotatable bonds is 5. The largest absolute Gasteiger partial charge is 0.497 e. The second-order valence-electron chi connectivity index (χ2n) is 4.09. The van der Waals surface area contributed by atoms with Crippen LogP contribution >= 0.6 is 27.3 Å². The third-order valence-corrected chi connectivity index (χ3v) is 4.36. The van der Waals surface area contributed by atoms with Crippen molar-refractivity contribution in [1.82, 2.24) is 0 Å². The van der Waals surface area contributed by atoms with Crippen LogP contribution in [0, 0.1) is 0 Å². The Morgan fingerprint density at radius 3 is 2.61 bits per heavy atom. The van der Waals surface area contributed by atoms with Crippen LogP contribution in [0.15, 0.2) is 39.5 Å². The van der Waals surface area contributed by atoms with Crippen LogP contribution in [0.25, 0.3) is 0 Å². The zero-order valence-electron chi connectivity index (χ0n) is 10.1.